The van der Waals surface area contributed by atoms with E-state index in [9.17, 15) is 0 Å². The van der Waals surface area contributed by atoms with Crippen LogP contribution < -0.4 is 0 Å². The van der Waals surface area contributed by atoms with Crippen LogP contribution in [0.15, 0.2) is 186 Å². The molecule has 0 saturated heterocycles. The number of benzene rings is 9. The third-order valence-corrected chi connectivity index (χ3v) is 11.2. The zero-order valence-corrected chi connectivity index (χ0v) is 28.6. The summed E-state index contributed by atoms with van der Waals surface area (Å²) >= 11 is 0. The zero-order valence-electron chi connectivity index (χ0n) is 28.6. The van der Waals surface area contributed by atoms with Crippen molar-refractivity contribution >= 4 is 87.1 Å². The molecule has 3 heterocycles. The first-order valence-electron chi connectivity index (χ1n) is 18.2. The van der Waals surface area contributed by atoms with E-state index in [1.807, 2.05) is 0 Å². The summed E-state index contributed by atoms with van der Waals surface area (Å²) in [5.41, 5.74) is 11.1. The number of hydrogen-bond donors (Lipinski definition) is 0. The number of para-hydroxylation sites is 3. The molecule has 246 valence electrons. The molecular weight excluding hydrogens is 645 g/mol. The van der Waals surface area contributed by atoms with E-state index in [0.29, 0.717) is 0 Å². The standard InChI is InChI=1S/C50H30N2O/c1-3-13-33-27-36(24-21-31(33)11-1)51-44-18-8-5-15-38(44)42-29-35(23-26-46(42)51)41-30-43-39-16-7-10-20-47(39)53-50(43)48-40-17-6-9-19-45(40)52(49(41)48)37-25-22-32-12-2-4-14-34(32)28-37/h1-30H. The molecule has 0 N–H and O–H groups in total. The zero-order chi connectivity index (χ0) is 34.6. The third-order valence-electron chi connectivity index (χ3n) is 11.2. The molecule has 0 aliphatic carbocycles. The number of rotatable bonds is 3. The van der Waals surface area contributed by atoms with Crippen molar-refractivity contribution in [3.05, 3.63) is 182 Å². The molecule has 0 fully saturated rings. The first kappa shape index (κ1) is 28.6. The van der Waals surface area contributed by atoms with E-state index in [1.54, 1.807) is 0 Å². The third kappa shape index (κ3) is 4.05. The quantitative estimate of drug-likeness (QED) is 0.183. The lowest BCUT2D eigenvalue weighted by molar-refractivity contribution is 0.673. The number of furan rings is 1. The fourth-order valence-electron chi connectivity index (χ4n) is 8.87. The lowest BCUT2D eigenvalue weighted by Crippen LogP contribution is -1.96. The summed E-state index contributed by atoms with van der Waals surface area (Å²) in [5, 5.41) is 11.9. The van der Waals surface area contributed by atoms with Crippen molar-refractivity contribution in [3.63, 3.8) is 0 Å². The van der Waals surface area contributed by atoms with E-state index in [4.69, 9.17) is 4.42 Å². The highest BCUT2D eigenvalue weighted by atomic mass is 16.3. The van der Waals surface area contributed by atoms with Crippen LogP contribution in [0.2, 0.25) is 0 Å². The molecule has 0 aliphatic rings. The van der Waals surface area contributed by atoms with Crippen LogP contribution in [0.3, 0.4) is 0 Å². The fourth-order valence-corrected chi connectivity index (χ4v) is 8.87. The van der Waals surface area contributed by atoms with Gasteiger partial charge in [0.15, 0.2) is 0 Å². The van der Waals surface area contributed by atoms with Gasteiger partial charge in [0.1, 0.15) is 11.2 Å². The SMILES string of the molecule is c1ccc2cc(-n3c4ccccc4c4cc(-c5cc6c7ccccc7oc6c6c7ccccc7n(-c7ccc8ccccc8c7)c56)ccc43)ccc2c1. The van der Waals surface area contributed by atoms with E-state index in [-0.39, 0.29) is 0 Å². The lowest BCUT2D eigenvalue weighted by Gasteiger charge is -2.14. The minimum Gasteiger partial charge on any atom is -0.455 e. The summed E-state index contributed by atoms with van der Waals surface area (Å²) in [6, 6.07) is 66.1. The van der Waals surface area contributed by atoms with Gasteiger partial charge in [0, 0.05) is 43.9 Å². The van der Waals surface area contributed by atoms with E-state index in [1.165, 1.54) is 59.9 Å². The number of nitrogens with zero attached hydrogens (tertiary/aromatic N) is 2. The van der Waals surface area contributed by atoms with Crippen LogP contribution in [-0.2, 0) is 0 Å². The van der Waals surface area contributed by atoms with Gasteiger partial charge < -0.3 is 13.6 Å². The van der Waals surface area contributed by atoms with E-state index in [2.05, 4.69) is 191 Å². The molecule has 0 amide bonds. The van der Waals surface area contributed by atoms with Crippen LogP contribution in [0, 0.1) is 0 Å². The van der Waals surface area contributed by atoms with E-state index in [0.717, 1.165) is 49.7 Å². The Labute approximate surface area is 304 Å². The molecule has 12 rings (SSSR count). The average Bonchev–Trinajstić information content (AvgIpc) is 3.88. The molecule has 0 aliphatic heterocycles. The number of aromatic nitrogens is 2. The molecule has 3 aromatic heterocycles. The second-order valence-corrected chi connectivity index (χ2v) is 14.1. The molecule has 0 atom stereocenters. The van der Waals surface area contributed by atoms with Gasteiger partial charge in [-0.2, -0.15) is 0 Å². The minimum absolute atomic E-state index is 0.900. The first-order chi connectivity index (χ1) is 26.3. The Kier molecular flexibility index (Phi) is 5.77. The molecule has 53 heavy (non-hydrogen) atoms. The minimum atomic E-state index is 0.900. The molecule has 0 radical (unpaired) electrons. The van der Waals surface area contributed by atoms with Gasteiger partial charge in [-0.05, 0) is 87.8 Å². The van der Waals surface area contributed by atoms with Crippen molar-refractivity contribution < 1.29 is 4.42 Å². The van der Waals surface area contributed by atoms with Crippen molar-refractivity contribution in [2.75, 3.05) is 0 Å². The Hall–Kier alpha value is -7.10. The molecule has 12 aromatic rings. The predicted molar refractivity (Wildman–Crippen MR) is 223 cm³/mol. The Morgan fingerprint density at radius 3 is 1.66 bits per heavy atom. The Bertz CT molecular complexity index is 3470. The Balaban J connectivity index is 1.21. The number of fused-ring (bicyclic) bond motifs is 12. The molecule has 3 heteroatoms. The molecule has 0 unspecified atom stereocenters. The maximum absolute atomic E-state index is 6.78. The topological polar surface area (TPSA) is 23.0 Å². The van der Waals surface area contributed by atoms with Gasteiger partial charge in [-0.1, -0.05) is 121 Å². The van der Waals surface area contributed by atoms with Crippen LogP contribution in [0.5, 0.6) is 0 Å². The molecular formula is C50H30N2O. The van der Waals surface area contributed by atoms with E-state index >= 15 is 0 Å². The number of hydrogen-bond acceptors (Lipinski definition) is 1. The van der Waals surface area contributed by atoms with Crippen LogP contribution in [-0.4, -0.2) is 9.13 Å². The smallest absolute Gasteiger partial charge is 0.145 e. The van der Waals surface area contributed by atoms with Gasteiger partial charge in [-0.3, -0.25) is 0 Å². The van der Waals surface area contributed by atoms with Crippen molar-refractivity contribution in [2.24, 2.45) is 0 Å². The summed E-state index contributed by atoms with van der Waals surface area (Å²) in [6.45, 7) is 0. The van der Waals surface area contributed by atoms with Gasteiger partial charge in [0.25, 0.3) is 0 Å². The van der Waals surface area contributed by atoms with Crippen molar-refractivity contribution in [1.82, 2.24) is 9.13 Å². The van der Waals surface area contributed by atoms with Crippen LogP contribution in [0.25, 0.3) is 110 Å². The van der Waals surface area contributed by atoms with Crippen molar-refractivity contribution in [3.8, 4) is 22.5 Å². The van der Waals surface area contributed by atoms with Gasteiger partial charge in [0.2, 0.25) is 0 Å². The largest absolute Gasteiger partial charge is 0.455 e. The molecule has 0 bridgehead atoms. The summed E-state index contributed by atoms with van der Waals surface area (Å²) in [7, 11) is 0. The van der Waals surface area contributed by atoms with Crippen LogP contribution >= 0.6 is 0 Å². The molecule has 0 spiro atoms. The van der Waals surface area contributed by atoms with Gasteiger partial charge in [-0.25, -0.2) is 0 Å². The van der Waals surface area contributed by atoms with E-state index < -0.39 is 0 Å². The highest BCUT2D eigenvalue weighted by molar-refractivity contribution is 6.27. The maximum Gasteiger partial charge on any atom is 0.145 e. The first-order valence-corrected chi connectivity index (χ1v) is 18.2. The maximum atomic E-state index is 6.78. The van der Waals surface area contributed by atoms with Gasteiger partial charge in [0.05, 0.1) is 27.5 Å². The summed E-state index contributed by atoms with van der Waals surface area (Å²) in [6.07, 6.45) is 0. The lowest BCUT2D eigenvalue weighted by atomic mass is 9.97. The van der Waals surface area contributed by atoms with Gasteiger partial charge in [-0.15, -0.1) is 0 Å². The molecule has 0 saturated carbocycles. The average molecular weight is 675 g/mol. The van der Waals surface area contributed by atoms with Crippen molar-refractivity contribution in [1.29, 1.82) is 0 Å². The second kappa shape index (κ2) is 10.7. The summed E-state index contributed by atoms with van der Waals surface area (Å²) in [5.74, 6) is 0. The molecule has 3 nitrogen and oxygen atoms in total. The Morgan fingerprint density at radius 2 is 0.925 bits per heavy atom. The second-order valence-electron chi connectivity index (χ2n) is 14.1. The molecule has 9 aromatic carbocycles. The van der Waals surface area contributed by atoms with Crippen LogP contribution in [0.4, 0.5) is 0 Å². The summed E-state index contributed by atoms with van der Waals surface area (Å²) in [4.78, 5) is 0. The Morgan fingerprint density at radius 1 is 0.358 bits per heavy atom. The van der Waals surface area contributed by atoms with Crippen molar-refractivity contribution in [2.45, 2.75) is 0 Å². The highest BCUT2D eigenvalue weighted by Crippen LogP contribution is 2.46. The normalized spacial score (nSPS) is 12.2. The van der Waals surface area contributed by atoms with Gasteiger partial charge >= 0.3 is 0 Å². The summed E-state index contributed by atoms with van der Waals surface area (Å²) < 4.78 is 11.6. The van der Waals surface area contributed by atoms with Crippen LogP contribution in [0.1, 0.15) is 0 Å². The predicted octanol–water partition coefficient (Wildman–Crippen LogP) is 13.8. The highest BCUT2D eigenvalue weighted by Gasteiger charge is 2.24. The fraction of sp³-hybridized carbons (Fsp3) is 0. The monoisotopic (exact) mass is 674 g/mol.